The number of H-pyrrole nitrogens is 1. The first kappa shape index (κ1) is 6.21. The highest BCUT2D eigenvalue weighted by Gasteiger charge is 1.73. The minimum absolute atomic E-state index is 0. The van der Waals surface area contributed by atoms with Gasteiger partial charge in [-0.25, -0.2) is 0 Å². The van der Waals surface area contributed by atoms with Crippen LogP contribution in [0.2, 0.25) is 0 Å². The van der Waals surface area contributed by atoms with E-state index >= 15 is 0 Å². The van der Waals surface area contributed by atoms with Gasteiger partial charge in [-0.3, -0.25) is 5.10 Å². The van der Waals surface area contributed by atoms with Crippen molar-refractivity contribution in [2.45, 2.75) is 14.4 Å². The van der Waals surface area contributed by atoms with Crippen LogP contribution in [0.5, 0.6) is 0 Å². The van der Waals surface area contributed by atoms with E-state index in [1.165, 1.54) is 0 Å². The third kappa shape index (κ3) is 1.39. The Bertz CT molecular complexity index is 110. The van der Waals surface area contributed by atoms with Crippen molar-refractivity contribution in [1.82, 2.24) is 10.2 Å². The summed E-state index contributed by atoms with van der Waals surface area (Å²) in [6.45, 7) is 1.97. The van der Waals surface area contributed by atoms with Crippen LogP contribution < -0.4 is 0 Å². The summed E-state index contributed by atoms with van der Waals surface area (Å²) in [6, 6.07) is 1.92. The van der Waals surface area contributed by atoms with Gasteiger partial charge in [0.2, 0.25) is 0 Å². The van der Waals surface area contributed by atoms with Crippen LogP contribution in [0.3, 0.4) is 0 Å². The quantitative estimate of drug-likeness (QED) is 0.521. The Labute approximate surface area is 43.6 Å². The topological polar surface area (TPSA) is 28.7 Å². The molecular formula is C5H10N2. The van der Waals surface area contributed by atoms with Crippen LogP contribution in [0, 0.1) is 6.92 Å². The normalized spacial score (nSPS) is 7.57. The highest BCUT2D eigenvalue weighted by molar-refractivity contribution is 4.91. The Kier molecular flexibility index (Phi) is 2.12. The third-order valence-corrected chi connectivity index (χ3v) is 0.640. The Balaban J connectivity index is 0.000000360. The van der Waals surface area contributed by atoms with Gasteiger partial charge >= 0.3 is 0 Å². The lowest BCUT2D eigenvalue weighted by atomic mass is 10.5. The van der Waals surface area contributed by atoms with Gasteiger partial charge in [0.15, 0.2) is 0 Å². The van der Waals surface area contributed by atoms with Gasteiger partial charge in [-0.2, -0.15) is 5.10 Å². The van der Waals surface area contributed by atoms with Gasteiger partial charge in [0.05, 0.1) is 0 Å². The first-order chi connectivity index (χ1) is 2.89. The molecule has 0 atom stereocenters. The molecule has 0 fully saturated rings. The van der Waals surface area contributed by atoms with E-state index in [9.17, 15) is 0 Å². The maximum Gasteiger partial charge on any atom is 0.0489 e. The number of hydrogen-bond acceptors (Lipinski definition) is 1. The van der Waals surface area contributed by atoms with Crippen molar-refractivity contribution in [3.8, 4) is 0 Å². The molecule has 1 aromatic rings. The van der Waals surface area contributed by atoms with Crippen molar-refractivity contribution in [1.29, 1.82) is 0 Å². The highest BCUT2D eigenvalue weighted by atomic mass is 15.1. The zero-order valence-electron chi connectivity index (χ0n) is 3.60. The molecule has 0 radical (unpaired) electrons. The van der Waals surface area contributed by atoms with E-state index < -0.39 is 0 Å². The molecule has 0 bridgehead atoms. The average molecular weight is 98.1 g/mol. The lowest BCUT2D eigenvalue weighted by Gasteiger charge is -1.68. The van der Waals surface area contributed by atoms with E-state index in [0.29, 0.717) is 0 Å². The SMILES string of the molecule is C.Cc1ccn[nH]1. The molecule has 0 saturated heterocycles. The van der Waals surface area contributed by atoms with Gasteiger partial charge in [-0.1, -0.05) is 7.43 Å². The van der Waals surface area contributed by atoms with E-state index in [1.807, 2.05) is 13.0 Å². The molecule has 40 valence electrons. The average Bonchev–Trinajstić information content (AvgIpc) is 1.86. The van der Waals surface area contributed by atoms with Gasteiger partial charge in [0.25, 0.3) is 0 Å². The van der Waals surface area contributed by atoms with E-state index in [1.54, 1.807) is 6.20 Å². The van der Waals surface area contributed by atoms with Gasteiger partial charge in [-0.15, -0.1) is 0 Å². The second-order valence-electron chi connectivity index (χ2n) is 1.24. The number of nitrogens with zero attached hydrogens (tertiary/aromatic N) is 1. The smallest absolute Gasteiger partial charge is 0.0489 e. The maximum atomic E-state index is 3.70. The summed E-state index contributed by atoms with van der Waals surface area (Å²) in [4.78, 5) is 0. The molecule has 1 heterocycles. The van der Waals surface area contributed by atoms with Gasteiger partial charge in [-0.05, 0) is 13.0 Å². The molecule has 1 rings (SSSR count). The van der Waals surface area contributed by atoms with Crippen molar-refractivity contribution >= 4 is 0 Å². The van der Waals surface area contributed by atoms with E-state index in [-0.39, 0.29) is 7.43 Å². The van der Waals surface area contributed by atoms with Crippen molar-refractivity contribution in [2.24, 2.45) is 0 Å². The minimum Gasteiger partial charge on any atom is -0.283 e. The van der Waals surface area contributed by atoms with Crippen molar-refractivity contribution < 1.29 is 0 Å². The molecule has 1 aromatic heterocycles. The van der Waals surface area contributed by atoms with Crippen LogP contribution >= 0.6 is 0 Å². The van der Waals surface area contributed by atoms with Crippen LogP contribution in [-0.2, 0) is 0 Å². The molecule has 0 aliphatic rings. The largest absolute Gasteiger partial charge is 0.283 e. The first-order valence-corrected chi connectivity index (χ1v) is 1.85. The summed E-state index contributed by atoms with van der Waals surface area (Å²) in [5.74, 6) is 0. The molecular weight excluding hydrogens is 88.1 g/mol. The number of nitrogens with one attached hydrogen (secondary N) is 1. The molecule has 1 N–H and O–H groups in total. The molecule has 0 aromatic carbocycles. The fourth-order valence-electron chi connectivity index (χ4n) is 0.325. The molecule has 0 amide bonds. The van der Waals surface area contributed by atoms with E-state index in [2.05, 4.69) is 10.2 Å². The zero-order chi connectivity index (χ0) is 4.41. The molecule has 7 heavy (non-hydrogen) atoms. The van der Waals surface area contributed by atoms with Gasteiger partial charge < -0.3 is 0 Å². The minimum atomic E-state index is 0. The van der Waals surface area contributed by atoms with Gasteiger partial charge in [0.1, 0.15) is 0 Å². The number of rotatable bonds is 0. The fraction of sp³-hybridized carbons (Fsp3) is 0.400. The summed E-state index contributed by atoms with van der Waals surface area (Å²) < 4.78 is 0. The monoisotopic (exact) mass is 98.1 g/mol. The van der Waals surface area contributed by atoms with Gasteiger partial charge in [0, 0.05) is 11.9 Å². The number of aromatic amines is 1. The molecule has 0 aliphatic carbocycles. The molecule has 2 nitrogen and oxygen atoms in total. The maximum absolute atomic E-state index is 3.70. The summed E-state index contributed by atoms with van der Waals surface area (Å²) in [6.07, 6.45) is 1.73. The summed E-state index contributed by atoms with van der Waals surface area (Å²) in [7, 11) is 0. The van der Waals surface area contributed by atoms with Crippen LogP contribution in [0.15, 0.2) is 12.3 Å². The Hall–Kier alpha value is -0.790. The first-order valence-electron chi connectivity index (χ1n) is 1.85. The standard InChI is InChI=1S/C4H6N2.CH4/c1-4-2-3-5-6-4;/h2-3H,1H3,(H,5,6);1H4. The van der Waals surface area contributed by atoms with Crippen LogP contribution in [0.1, 0.15) is 13.1 Å². The molecule has 0 saturated carbocycles. The zero-order valence-corrected chi connectivity index (χ0v) is 3.60. The Morgan fingerprint density at radius 2 is 2.43 bits per heavy atom. The molecule has 0 unspecified atom stereocenters. The molecule has 2 heteroatoms. The van der Waals surface area contributed by atoms with Crippen molar-refractivity contribution in [3.05, 3.63) is 18.0 Å². The predicted octanol–water partition coefficient (Wildman–Crippen LogP) is 1.35. The van der Waals surface area contributed by atoms with Crippen molar-refractivity contribution in [2.75, 3.05) is 0 Å². The van der Waals surface area contributed by atoms with Crippen molar-refractivity contribution in [3.63, 3.8) is 0 Å². The van der Waals surface area contributed by atoms with Crippen LogP contribution in [0.25, 0.3) is 0 Å². The Morgan fingerprint density at radius 3 is 2.57 bits per heavy atom. The predicted molar refractivity (Wildman–Crippen MR) is 30.1 cm³/mol. The fourth-order valence-corrected chi connectivity index (χ4v) is 0.325. The van der Waals surface area contributed by atoms with Crippen LogP contribution in [0.4, 0.5) is 0 Å². The second kappa shape index (κ2) is 2.39. The summed E-state index contributed by atoms with van der Waals surface area (Å²) in [5, 5.41) is 6.45. The number of aromatic nitrogens is 2. The Morgan fingerprint density at radius 1 is 1.71 bits per heavy atom. The third-order valence-electron chi connectivity index (χ3n) is 0.640. The lowest BCUT2D eigenvalue weighted by molar-refractivity contribution is 1.05. The highest BCUT2D eigenvalue weighted by Crippen LogP contribution is 1.82. The summed E-state index contributed by atoms with van der Waals surface area (Å²) in [5.41, 5.74) is 1.11. The summed E-state index contributed by atoms with van der Waals surface area (Å²) >= 11 is 0. The molecule has 0 spiro atoms. The lowest BCUT2D eigenvalue weighted by Crippen LogP contribution is -1.65. The van der Waals surface area contributed by atoms with Crippen LogP contribution in [-0.4, -0.2) is 10.2 Å². The number of aryl methyl sites for hydroxylation is 1. The molecule has 0 aliphatic heterocycles. The van der Waals surface area contributed by atoms with E-state index in [0.717, 1.165) is 5.69 Å². The number of hydrogen-bond donors (Lipinski definition) is 1. The second-order valence-corrected chi connectivity index (χ2v) is 1.24. The van der Waals surface area contributed by atoms with E-state index in [4.69, 9.17) is 0 Å².